The highest BCUT2D eigenvalue weighted by Crippen LogP contribution is 2.29. The van der Waals surface area contributed by atoms with Crippen LogP contribution in [0.3, 0.4) is 0 Å². The first-order valence-corrected chi connectivity index (χ1v) is 13.0. The normalized spacial score (nSPS) is 14.1. The Hall–Kier alpha value is -3.32. The molecule has 6 nitrogen and oxygen atoms in total. The Balaban J connectivity index is 1.54. The molecule has 0 bridgehead atoms. The molecule has 0 unspecified atom stereocenters. The van der Waals surface area contributed by atoms with Crippen LogP contribution in [-0.4, -0.2) is 27.0 Å². The van der Waals surface area contributed by atoms with Crippen LogP contribution in [0.5, 0.6) is 5.75 Å². The van der Waals surface area contributed by atoms with Gasteiger partial charge in [-0.15, -0.1) is 0 Å². The van der Waals surface area contributed by atoms with E-state index in [1.165, 1.54) is 29.3 Å². The Morgan fingerprint density at radius 1 is 0.941 bits per heavy atom. The number of nitrogens with zero attached hydrogens (tertiary/aromatic N) is 1. The number of anilines is 2. The van der Waals surface area contributed by atoms with Gasteiger partial charge in [0.05, 0.1) is 16.7 Å². The summed E-state index contributed by atoms with van der Waals surface area (Å²) in [6.07, 6.45) is 4.80. The number of ether oxygens (including phenoxy) is 1. The molecule has 0 atom stereocenters. The van der Waals surface area contributed by atoms with Crippen LogP contribution in [-0.2, 0) is 14.8 Å². The minimum atomic E-state index is -3.95. The molecule has 1 aliphatic carbocycles. The van der Waals surface area contributed by atoms with Crippen molar-refractivity contribution in [2.24, 2.45) is 0 Å². The zero-order valence-corrected chi connectivity index (χ0v) is 20.3. The Kier molecular flexibility index (Phi) is 7.22. The molecule has 0 aromatic heterocycles. The van der Waals surface area contributed by atoms with Crippen LogP contribution in [0.2, 0.25) is 0 Å². The van der Waals surface area contributed by atoms with Crippen molar-refractivity contribution in [2.75, 3.05) is 16.2 Å². The average molecular weight is 479 g/mol. The maximum Gasteiger partial charge on any atom is 0.264 e. The third-order valence-electron chi connectivity index (χ3n) is 6.21. The lowest BCUT2D eigenvalue weighted by Gasteiger charge is -2.26. The van der Waals surface area contributed by atoms with Crippen LogP contribution in [0.1, 0.15) is 36.8 Å². The van der Waals surface area contributed by atoms with Crippen molar-refractivity contribution in [3.63, 3.8) is 0 Å². The first kappa shape index (κ1) is 23.8. The number of hydrogen-bond donors (Lipinski definition) is 1. The summed E-state index contributed by atoms with van der Waals surface area (Å²) >= 11 is 0. The van der Waals surface area contributed by atoms with Gasteiger partial charge >= 0.3 is 0 Å². The fourth-order valence-corrected chi connectivity index (χ4v) is 5.67. The van der Waals surface area contributed by atoms with Crippen molar-refractivity contribution >= 4 is 27.3 Å². The average Bonchev–Trinajstić information content (AvgIpc) is 3.34. The lowest BCUT2D eigenvalue weighted by molar-refractivity contribution is -0.114. The largest absolute Gasteiger partial charge is 0.490 e. The Morgan fingerprint density at radius 3 is 2.29 bits per heavy atom. The minimum Gasteiger partial charge on any atom is -0.490 e. The molecule has 0 heterocycles. The van der Waals surface area contributed by atoms with Gasteiger partial charge in [0.2, 0.25) is 5.91 Å². The van der Waals surface area contributed by atoms with Crippen molar-refractivity contribution in [2.45, 2.75) is 50.5 Å². The number of amides is 1. The lowest BCUT2D eigenvalue weighted by Crippen LogP contribution is -2.38. The summed E-state index contributed by atoms with van der Waals surface area (Å²) in [5.74, 6) is 0.346. The maximum absolute atomic E-state index is 13.5. The molecule has 1 fully saturated rings. The van der Waals surface area contributed by atoms with Gasteiger partial charge in [0.1, 0.15) is 12.3 Å². The smallest absolute Gasteiger partial charge is 0.264 e. The van der Waals surface area contributed by atoms with E-state index in [1.54, 1.807) is 42.5 Å². The zero-order valence-electron chi connectivity index (χ0n) is 19.5. The van der Waals surface area contributed by atoms with E-state index >= 15 is 0 Å². The zero-order chi connectivity index (χ0) is 24.1. The topological polar surface area (TPSA) is 75.7 Å². The Bertz CT molecular complexity index is 1240. The third kappa shape index (κ3) is 5.42. The first-order chi connectivity index (χ1) is 16.3. The monoisotopic (exact) mass is 478 g/mol. The lowest BCUT2D eigenvalue weighted by atomic mass is 10.1. The molecule has 3 aromatic carbocycles. The number of rotatable bonds is 8. The van der Waals surface area contributed by atoms with Crippen molar-refractivity contribution in [3.05, 3.63) is 83.9 Å². The molecular weight excluding hydrogens is 448 g/mol. The summed E-state index contributed by atoms with van der Waals surface area (Å²) in [5, 5.41) is 2.82. The molecule has 1 saturated carbocycles. The van der Waals surface area contributed by atoms with Gasteiger partial charge in [-0.2, -0.15) is 0 Å². The van der Waals surface area contributed by atoms with Gasteiger partial charge in [-0.25, -0.2) is 8.42 Å². The van der Waals surface area contributed by atoms with Crippen LogP contribution < -0.4 is 14.4 Å². The number of aryl methyl sites for hydroxylation is 1. The van der Waals surface area contributed by atoms with E-state index in [0.717, 1.165) is 29.7 Å². The third-order valence-corrected chi connectivity index (χ3v) is 7.98. The van der Waals surface area contributed by atoms with Crippen molar-refractivity contribution in [1.29, 1.82) is 0 Å². The quantitative estimate of drug-likeness (QED) is 0.467. The molecule has 0 aliphatic heterocycles. The second kappa shape index (κ2) is 10.3. The molecule has 4 rings (SSSR count). The number of carbonyl (C=O) groups excluding carboxylic acids is 1. The van der Waals surface area contributed by atoms with E-state index in [0.29, 0.717) is 11.4 Å². The number of carbonyl (C=O) groups is 1. The minimum absolute atomic E-state index is 0.136. The molecule has 1 N–H and O–H groups in total. The molecule has 34 heavy (non-hydrogen) atoms. The molecule has 178 valence electrons. The Labute approximate surface area is 201 Å². The van der Waals surface area contributed by atoms with Gasteiger partial charge < -0.3 is 10.1 Å². The van der Waals surface area contributed by atoms with Crippen molar-refractivity contribution in [3.8, 4) is 5.75 Å². The first-order valence-electron chi connectivity index (χ1n) is 11.5. The van der Waals surface area contributed by atoms with Gasteiger partial charge in [-0.1, -0.05) is 30.3 Å². The SMILES string of the molecule is Cc1cccc(N(CC(=O)Nc2ccc(OC3CCCC3)cc2)S(=O)(=O)c2ccccc2)c1C. The molecule has 0 radical (unpaired) electrons. The van der Waals surface area contributed by atoms with E-state index in [1.807, 2.05) is 32.0 Å². The molecule has 1 amide bonds. The van der Waals surface area contributed by atoms with Gasteiger partial charge in [-0.3, -0.25) is 9.10 Å². The van der Waals surface area contributed by atoms with Gasteiger partial charge in [-0.05, 0) is 93.1 Å². The summed E-state index contributed by atoms with van der Waals surface area (Å²) in [5.41, 5.74) is 2.83. The molecule has 0 saturated heterocycles. The number of sulfonamides is 1. The second-order valence-electron chi connectivity index (χ2n) is 8.64. The maximum atomic E-state index is 13.5. The molecule has 7 heteroatoms. The predicted octanol–water partition coefficient (Wildman–Crippen LogP) is 5.46. The number of hydrogen-bond acceptors (Lipinski definition) is 4. The Morgan fingerprint density at radius 2 is 1.62 bits per heavy atom. The summed E-state index contributed by atoms with van der Waals surface area (Å²) in [4.78, 5) is 13.1. The van der Waals surface area contributed by atoms with Gasteiger partial charge in [0.15, 0.2) is 0 Å². The summed E-state index contributed by atoms with van der Waals surface area (Å²) < 4.78 is 34.2. The molecule has 0 spiro atoms. The fraction of sp³-hybridized carbons (Fsp3) is 0.296. The highest BCUT2D eigenvalue weighted by Gasteiger charge is 2.28. The number of benzene rings is 3. The summed E-state index contributed by atoms with van der Waals surface area (Å²) in [7, 11) is -3.95. The second-order valence-corrected chi connectivity index (χ2v) is 10.5. The molecule has 3 aromatic rings. The van der Waals surface area contributed by atoms with E-state index in [-0.39, 0.29) is 17.5 Å². The van der Waals surface area contributed by atoms with E-state index in [4.69, 9.17) is 4.74 Å². The highest BCUT2D eigenvalue weighted by molar-refractivity contribution is 7.92. The van der Waals surface area contributed by atoms with Crippen LogP contribution in [0.25, 0.3) is 0 Å². The van der Waals surface area contributed by atoms with Crippen LogP contribution in [0.15, 0.2) is 77.7 Å². The van der Waals surface area contributed by atoms with Gasteiger partial charge in [0, 0.05) is 5.69 Å². The van der Waals surface area contributed by atoms with E-state index in [9.17, 15) is 13.2 Å². The number of nitrogens with one attached hydrogen (secondary N) is 1. The predicted molar refractivity (Wildman–Crippen MR) is 135 cm³/mol. The van der Waals surface area contributed by atoms with Crippen LogP contribution >= 0.6 is 0 Å². The molecule has 1 aliphatic rings. The fourth-order valence-electron chi connectivity index (χ4n) is 4.17. The van der Waals surface area contributed by atoms with E-state index in [2.05, 4.69) is 5.32 Å². The summed E-state index contributed by atoms with van der Waals surface area (Å²) in [6, 6.07) is 20.8. The van der Waals surface area contributed by atoms with Crippen LogP contribution in [0, 0.1) is 13.8 Å². The van der Waals surface area contributed by atoms with Crippen molar-refractivity contribution in [1.82, 2.24) is 0 Å². The van der Waals surface area contributed by atoms with Crippen LogP contribution in [0.4, 0.5) is 11.4 Å². The standard InChI is InChI=1S/C27H30N2O4S/c1-20-9-8-14-26(21(20)2)29(34(31,32)25-12-4-3-5-13-25)19-27(30)28-22-15-17-24(18-16-22)33-23-10-6-7-11-23/h3-5,8-9,12-18,23H,6-7,10-11,19H2,1-2H3,(H,28,30). The molecular formula is C27H30N2O4S. The summed E-state index contributed by atoms with van der Waals surface area (Å²) in [6.45, 7) is 3.43. The highest BCUT2D eigenvalue weighted by atomic mass is 32.2. The van der Waals surface area contributed by atoms with E-state index < -0.39 is 15.9 Å². The van der Waals surface area contributed by atoms with Crippen molar-refractivity contribution < 1.29 is 17.9 Å². The van der Waals surface area contributed by atoms with Gasteiger partial charge in [0.25, 0.3) is 10.0 Å².